The van der Waals surface area contributed by atoms with Crippen molar-refractivity contribution in [2.45, 2.75) is 16.8 Å². The summed E-state index contributed by atoms with van der Waals surface area (Å²) in [5.41, 5.74) is 6.27. The molecule has 0 radical (unpaired) electrons. The van der Waals surface area contributed by atoms with Gasteiger partial charge in [-0.3, -0.25) is 19.8 Å². The Morgan fingerprint density at radius 1 is 1.21 bits per heavy atom. The SMILES string of the molecule is O=C(CSc1nc2ccccc2s1)NN[C@@H]1CC(=O)N(c2ccc(F)cc2)C1=O. The van der Waals surface area contributed by atoms with E-state index in [-0.39, 0.29) is 18.1 Å². The zero-order valence-electron chi connectivity index (χ0n) is 14.9. The Bertz CT molecular complexity index is 1050. The molecule has 10 heteroatoms. The van der Waals surface area contributed by atoms with Gasteiger partial charge in [0.25, 0.3) is 5.91 Å². The molecule has 2 N–H and O–H groups in total. The number of halogens is 1. The van der Waals surface area contributed by atoms with Crippen molar-refractivity contribution in [3.05, 3.63) is 54.3 Å². The molecule has 148 valence electrons. The minimum absolute atomic E-state index is 0.0957. The lowest BCUT2D eigenvalue weighted by Gasteiger charge is -2.15. The van der Waals surface area contributed by atoms with Crippen LogP contribution >= 0.6 is 23.1 Å². The number of fused-ring (bicyclic) bond motifs is 1. The number of amides is 3. The monoisotopic (exact) mass is 430 g/mol. The van der Waals surface area contributed by atoms with Gasteiger partial charge >= 0.3 is 0 Å². The molecule has 7 nitrogen and oxygen atoms in total. The van der Waals surface area contributed by atoms with Crippen molar-refractivity contribution < 1.29 is 18.8 Å². The maximum Gasteiger partial charge on any atom is 0.253 e. The average Bonchev–Trinajstić information content (AvgIpc) is 3.25. The van der Waals surface area contributed by atoms with Crippen LogP contribution < -0.4 is 15.8 Å². The second kappa shape index (κ2) is 8.27. The Morgan fingerprint density at radius 2 is 1.97 bits per heavy atom. The topological polar surface area (TPSA) is 91.4 Å². The van der Waals surface area contributed by atoms with E-state index in [0.29, 0.717) is 5.69 Å². The van der Waals surface area contributed by atoms with Crippen molar-refractivity contribution in [3.8, 4) is 0 Å². The summed E-state index contributed by atoms with van der Waals surface area (Å²) in [5, 5.41) is 0. The van der Waals surface area contributed by atoms with Crippen molar-refractivity contribution in [3.63, 3.8) is 0 Å². The molecule has 4 rings (SSSR count). The van der Waals surface area contributed by atoms with Gasteiger partial charge in [0.15, 0.2) is 4.34 Å². The van der Waals surface area contributed by atoms with Gasteiger partial charge in [-0.25, -0.2) is 19.7 Å². The van der Waals surface area contributed by atoms with Crippen molar-refractivity contribution in [1.82, 2.24) is 15.8 Å². The first-order valence-corrected chi connectivity index (χ1v) is 10.5. The molecule has 0 spiro atoms. The molecule has 1 atom stereocenters. The van der Waals surface area contributed by atoms with Gasteiger partial charge in [0.2, 0.25) is 11.8 Å². The van der Waals surface area contributed by atoms with E-state index in [4.69, 9.17) is 0 Å². The third-order valence-electron chi connectivity index (χ3n) is 4.22. The van der Waals surface area contributed by atoms with Gasteiger partial charge in [0.05, 0.1) is 28.1 Å². The van der Waals surface area contributed by atoms with Gasteiger partial charge in [0, 0.05) is 0 Å². The van der Waals surface area contributed by atoms with E-state index in [9.17, 15) is 18.8 Å². The largest absolute Gasteiger partial charge is 0.290 e. The first kappa shape index (κ1) is 19.5. The molecule has 1 aromatic heterocycles. The molecule has 1 saturated heterocycles. The molecule has 2 heterocycles. The van der Waals surface area contributed by atoms with Crippen LogP contribution in [0.4, 0.5) is 10.1 Å². The number of hydrazine groups is 1. The summed E-state index contributed by atoms with van der Waals surface area (Å²) >= 11 is 2.80. The average molecular weight is 430 g/mol. The van der Waals surface area contributed by atoms with E-state index < -0.39 is 23.7 Å². The predicted molar refractivity (Wildman–Crippen MR) is 109 cm³/mol. The van der Waals surface area contributed by atoms with Gasteiger partial charge < -0.3 is 0 Å². The Morgan fingerprint density at radius 3 is 2.72 bits per heavy atom. The molecular weight excluding hydrogens is 415 g/mol. The summed E-state index contributed by atoms with van der Waals surface area (Å²) < 4.78 is 14.9. The summed E-state index contributed by atoms with van der Waals surface area (Å²) in [7, 11) is 0. The number of anilines is 1. The number of carbonyl (C=O) groups excluding carboxylic acids is 3. The zero-order chi connectivity index (χ0) is 20.4. The molecule has 3 aromatic rings. The van der Waals surface area contributed by atoms with E-state index in [1.807, 2.05) is 24.3 Å². The van der Waals surface area contributed by atoms with Gasteiger partial charge in [-0.2, -0.15) is 0 Å². The molecule has 0 aliphatic carbocycles. The number of rotatable bonds is 6. The molecule has 1 aliphatic heterocycles. The van der Waals surface area contributed by atoms with E-state index >= 15 is 0 Å². The number of benzene rings is 2. The third-order valence-corrected chi connectivity index (χ3v) is 6.40. The Labute approximate surface area is 173 Å². The fourth-order valence-corrected chi connectivity index (χ4v) is 4.72. The van der Waals surface area contributed by atoms with Crippen LogP contribution in [0.2, 0.25) is 0 Å². The molecule has 2 aromatic carbocycles. The molecule has 1 fully saturated rings. The first-order chi connectivity index (χ1) is 14.0. The number of para-hydroxylation sites is 1. The van der Waals surface area contributed by atoms with Crippen LogP contribution in [0.3, 0.4) is 0 Å². The van der Waals surface area contributed by atoms with Crippen LogP contribution in [0, 0.1) is 5.82 Å². The predicted octanol–water partition coefficient (Wildman–Crippen LogP) is 2.48. The van der Waals surface area contributed by atoms with Crippen LogP contribution in [0.25, 0.3) is 10.2 Å². The number of thioether (sulfide) groups is 1. The molecule has 3 amide bonds. The van der Waals surface area contributed by atoms with Gasteiger partial charge in [-0.05, 0) is 36.4 Å². The fourth-order valence-electron chi connectivity index (χ4n) is 2.85. The number of thiazole rings is 1. The Hall–Kier alpha value is -2.82. The number of aromatic nitrogens is 1. The molecular formula is C19H15FN4O3S2. The maximum absolute atomic E-state index is 13.1. The number of hydrogen-bond donors (Lipinski definition) is 2. The molecule has 29 heavy (non-hydrogen) atoms. The van der Waals surface area contributed by atoms with Gasteiger partial charge in [-0.1, -0.05) is 23.9 Å². The maximum atomic E-state index is 13.1. The van der Waals surface area contributed by atoms with Crippen molar-refractivity contribution in [1.29, 1.82) is 0 Å². The fraction of sp³-hybridized carbons (Fsp3) is 0.158. The van der Waals surface area contributed by atoms with Crippen LogP contribution in [-0.2, 0) is 14.4 Å². The number of nitrogens with one attached hydrogen (secondary N) is 2. The minimum atomic E-state index is -0.871. The molecule has 0 unspecified atom stereocenters. The van der Waals surface area contributed by atoms with Crippen LogP contribution in [0.5, 0.6) is 0 Å². The smallest absolute Gasteiger partial charge is 0.253 e. The second-order valence-electron chi connectivity index (χ2n) is 6.23. The van der Waals surface area contributed by atoms with Crippen LogP contribution in [0.15, 0.2) is 52.9 Å². The van der Waals surface area contributed by atoms with Crippen LogP contribution in [0.1, 0.15) is 6.42 Å². The highest BCUT2D eigenvalue weighted by Gasteiger charge is 2.39. The van der Waals surface area contributed by atoms with Crippen molar-refractivity contribution in [2.24, 2.45) is 0 Å². The van der Waals surface area contributed by atoms with Crippen LogP contribution in [-0.4, -0.2) is 34.5 Å². The number of nitrogens with zero attached hydrogens (tertiary/aromatic N) is 2. The summed E-state index contributed by atoms with van der Waals surface area (Å²) in [4.78, 5) is 42.2. The summed E-state index contributed by atoms with van der Waals surface area (Å²) in [5.74, 6) is -1.60. The molecule has 0 saturated carbocycles. The third kappa shape index (κ3) is 4.29. The number of hydrogen-bond acceptors (Lipinski definition) is 7. The quantitative estimate of drug-likeness (QED) is 0.355. The summed E-state index contributed by atoms with van der Waals surface area (Å²) in [6, 6.07) is 11.9. The second-order valence-corrected chi connectivity index (χ2v) is 8.48. The zero-order valence-corrected chi connectivity index (χ0v) is 16.6. The van der Waals surface area contributed by atoms with E-state index in [0.717, 1.165) is 19.5 Å². The van der Waals surface area contributed by atoms with Gasteiger partial charge in [-0.15, -0.1) is 11.3 Å². The standard InChI is InChI=1S/C19H15FN4O3S2/c20-11-5-7-12(8-6-11)24-17(26)9-14(18(24)27)22-23-16(25)10-28-19-21-13-3-1-2-4-15(13)29-19/h1-8,14,22H,9-10H2,(H,23,25)/t14-/m1/s1. The molecule has 0 bridgehead atoms. The summed E-state index contributed by atoms with van der Waals surface area (Å²) in [6.07, 6.45) is -0.0957. The number of carbonyl (C=O) groups is 3. The van der Waals surface area contributed by atoms with E-state index in [2.05, 4.69) is 15.8 Å². The Balaban J connectivity index is 1.30. The van der Waals surface area contributed by atoms with Crippen molar-refractivity contribution >= 4 is 56.7 Å². The van der Waals surface area contributed by atoms with E-state index in [1.165, 1.54) is 47.4 Å². The van der Waals surface area contributed by atoms with E-state index in [1.54, 1.807) is 0 Å². The highest BCUT2D eigenvalue weighted by Crippen LogP contribution is 2.29. The van der Waals surface area contributed by atoms with Crippen molar-refractivity contribution in [2.75, 3.05) is 10.7 Å². The normalized spacial score (nSPS) is 16.6. The minimum Gasteiger partial charge on any atom is -0.290 e. The number of imide groups is 1. The summed E-state index contributed by atoms with van der Waals surface area (Å²) in [6.45, 7) is 0. The Kier molecular flexibility index (Phi) is 5.56. The highest BCUT2D eigenvalue weighted by atomic mass is 32.2. The lowest BCUT2D eigenvalue weighted by molar-refractivity contribution is -0.122. The molecule has 1 aliphatic rings. The lowest BCUT2D eigenvalue weighted by Crippen LogP contribution is -2.48. The van der Waals surface area contributed by atoms with Gasteiger partial charge in [0.1, 0.15) is 11.9 Å². The highest BCUT2D eigenvalue weighted by molar-refractivity contribution is 8.01. The lowest BCUT2D eigenvalue weighted by atomic mass is 10.2. The first-order valence-electron chi connectivity index (χ1n) is 8.66.